The van der Waals surface area contributed by atoms with Crippen molar-refractivity contribution in [2.24, 2.45) is 0 Å². The van der Waals surface area contributed by atoms with Crippen LogP contribution in [0, 0.1) is 0 Å². The summed E-state index contributed by atoms with van der Waals surface area (Å²) in [6.45, 7) is 10.6. The highest BCUT2D eigenvalue weighted by atomic mass is 28.4. The molecule has 0 spiro atoms. The second-order valence-electron chi connectivity index (χ2n) is 13.5. The summed E-state index contributed by atoms with van der Waals surface area (Å²) in [6.07, 6.45) is 44.3. The van der Waals surface area contributed by atoms with Gasteiger partial charge in [-0.05, 0) is 25.9 Å². The van der Waals surface area contributed by atoms with Crippen LogP contribution >= 0.6 is 0 Å². The van der Waals surface area contributed by atoms with Crippen molar-refractivity contribution in [1.82, 2.24) is 0 Å². The third-order valence-corrected chi connectivity index (χ3v) is 13.2. The lowest BCUT2D eigenvalue weighted by Gasteiger charge is -2.30. The van der Waals surface area contributed by atoms with Gasteiger partial charge in [-0.25, -0.2) is 0 Å². The van der Waals surface area contributed by atoms with E-state index in [2.05, 4.69) is 27.7 Å². The molecule has 42 heavy (non-hydrogen) atoms. The molecule has 0 aliphatic heterocycles. The second-order valence-corrected chi connectivity index (χ2v) is 16.9. The van der Waals surface area contributed by atoms with Crippen LogP contribution in [0.4, 0.5) is 0 Å². The Morgan fingerprint density at radius 2 is 0.452 bits per heavy atom. The maximum atomic E-state index is 6.43. The zero-order chi connectivity index (χ0) is 30.7. The first-order chi connectivity index (χ1) is 20.7. The Bertz CT molecular complexity index is 477. The minimum Gasteiger partial charge on any atom is -0.394 e. The summed E-state index contributed by atoms with van der Waals surface area (Å²) in [5.41, 5.74) is 0. The SMILES string of the molecule is CCCCCCCCCCCCCCCCCC[Si](CCCCCCCCCCCCCCCCC)(OCC)OCC. The van der Waals surface area contributed by atoms with Gasteiger partial charge in [-0.2, -0.15) is 0 Å². The molecule has 0 radical (unpaired) electrons. The van der Waals surface area contributed by atoms with E-state index in [0.29, 0.717) is 0 Å². The standard InChI is InChI=1S/C39H82O2Si/c1-5-9-11-13-15-17-19-21-23-25-27-29-31-33-35-37-39-42(40-7-3,41-8-4)38-36-34-32-30-28-26-24-22-20-18-16-14-12-10-6-2/h5-39H2,1-4H3. The van der Waals surface area contributed by atoms with Crippen LogP contribution in [-0.4, -0.2) is 21.8 Å². The molecular weight excluding hydrogens is 529 g/mol. The minimum atomic E-state index is -2.01. The van der Waals surface area contributed by atoms with E-state index in [0.717, 1.165) is 13.2 Å². The fraction of sp³-hybridized carbons (Fsp3) is 1.00. The largest absolute Gasteiger partial charge is 0.394 e. The first-order valence-electron chi connectivity index (χ1n) is 20.0. The van der Waals surface area contributed by atoms with Crippen LogP contribution < -0.4 is 0 Å². The average molecular weight is 611 g/mol. The number of unbranched alkanes of at least 4 members (excludes halogenated alkanes) is 29. The van der Waals surface area contributed by atoms with Crippen LogP contribution in [0.25, 0.3) is 0 Å². The first-order valence-corrected chi connectivity index (χ1v) is 22.3. The van der Waals surface area contributed by atoms with Crippen molar-refractivity contribution in [2.45, 2.75) is 239 Å². The summed E-state index contributed by atoms with van der Waals surface area (Å²) in [6, 6.07) is 2.43. The van der Waals surface area contributed by atoms with Gasteiger partial charge in [-0.15, -0.1) is 0 Å². The van der Waals surface area contributed by atoms with E-state index >= 15 is 0 Å². The summed E-state index contributed by atoms with van der Waals surface area (Å²) in [4.78, 5) is 0. The molecule has 0 heterocycles. The molecule has 0 aromatic rings. The molecule has 0 aliphatic carbocycles. The zero-order valence-corrected chi connectivity index (χ0v) is 31.1. The highest BCUT2D eigenvalue weighted by Gasteiger charge is 2.35. The van der Waals surface area contributed by atoms with E-state index in [4.69, 9.17) is 8.85 Å². The third-order valence-electron chi connectivity index (χ3n) is 9.39. The van der Waals surface area contributed by atoms with E-state index in [1.807, 2.05) is 0 Å². The summed E-state index contributed by atoms with van der Waals surface area (Å²) in [5.74, 6) is 0. The molecule has 254 valence electrons. The summed E-state index contributed by atoms with van der Waals surface area (Å²) in [7, 11) is -2.01. The molecule has 3 heteroatoms. The van der Waals surface area contributed by atoms with Gasteiger partial charge in [0.05, 0.1) is 0 Å². The van der Waals surface area contributed by atoms with Gasteiger partial charge in [0.1, 0.15) is 0 Å². The normalized spacial score (nSPS) is 12.0. The Balaban J connectivity index is 3.73. The molecule has 0 saturated heterocycles. The maximum absolute atomic E-state index is 6.43. The molecule has 0 N–H and O–H groups in total. The lowest BCUT2D eigenvalue weighted by Crippen LogP contribution is -2.42. The molecule has 0 amide bonds. The first kappa shape index (κ1) is 42.1. The van der Waals surface area contributed by atoms with Gasteiger partial charge < -0.3 is 8.85 Å². The molecular formula is C39H82O2Si. The molecule has 0 aliphatic rings. The average Bonchev–Trinajstić information content (AvgIpc) is 2.99. The van der Waals surface area contributed by atoms with Crippen LogP contribution in [-0.2, 0) is 8.85 Å². The van der Waals surface area contributed by atoms with Gasteiger partial charge in [0, 0.05) is 13.2 Å². The Morgan fingerprint density at radius 3 is 0.643 bits per heavy atom. The van der Waals surface area contributed by atoms with Crippen LogP contribution in [0.15, 0.2) is 0 Å². The highest BCUT2D eigenvalue weighted by Crippen LogP contribution is 2.27. The molecule has 0 saturated carbocycles. The monoisotopic (exact) mass is 611 g/mol. The Hall–Kier alpha value is 0.137. The summed E-state index contributed by atoms with van der Waals surface area (Å²) < 4.78 is 12.9. The number of hydrogen-bond acceptors (Lipinski definition) is 2. The van der Waals surface area contributed by atoms with Crippen molar-refractivity contribution in [3.8, 4) is 0 Å². The Morgan fingerprint density at radius 1 is 0.262 bits per heavy atom. The molecule has 0 unspecified atom stereocenters. The topological polar surface area (TPSA) is 18.5 Å². The van der Waals surface area contributed by atoms with Gasteiger partial charge >= 0.3 is 8.56 Å². The van der Waals surface area contributed by atoms with Crippen molar-refractivity contribution >= 4 is 8.56 Å². The highest BCUT2D eigenvalue weighted by molar-refractivity contribution is 6.67. The number of hydrogen-bond donors (Lipinski definition) is 0. The Kier molecular flexibility index (Phi) is 35.7. The fourth-order valence-electron chi connectivity index (χ4n) is 6.69. The van der Waals surface area contributed by atoms with Crippen molar-refractivity contribution in [3.63, 3.8) is 0 Å². The molecule has 0 atom stereocenters. The second kappa shape index (κ2) is 35.6. The lowest BCUT2D eigenvalue weighted by molar-refractivity contribution is 0.180. The van der Waals surface area contributed by atoms with Crippen LogP contribution in [0.1, 0.15) is 227 Å². The van der Waals surface area contributed by atoms with E-state index in [-0.39, 0.29) is 0 Å². The minimum absolute atomic E-state index is 0.823. The predicted molar refractivity (Wildman–Crippen MR) is 193 cm³/mol. The van der Waals surface area contributed by atoms with E-state index in [1.54, 1.807) is 0 Å². The summed E-state index contributed by atoms with van der Waals surface area (Å²) in [5, 5.41) is 0. The molecule has 0 rings (SSSR count). The van der Waals surface area contributed by atoms with E-state index in [1.165, 1.54) is 211 Å². The van der Waals surface area contributed by atoms with Gasteiger partial charge in [-0.1, -0.05) is 213 Å². The zero-order valence-electron chi connectivity index (χ0n) is 30.1. The van der Waals surface area contributed by atoms with Gasteiger partial charge in [0.15, 0.2) is 0 Å². The fourth-order valence-corrected chi connectivity index (χ4v) is 10.2. The van der Waals surface area contributed by atoms with Crippen LogP contribution in [0.5, 0.6) is 0 Å². The summed E-state index contributed by atoms with van der Waals surface area (Å²) >= 11 is 0. The Labute approximate surface area is 268 Å². The quantitative estimate of drug-likeness (QED) is 0.0514. The maximum Gasteiger partial charge on any atom is 0.338 e. The van der Waals surface area contributed by atoms with Crippen molar-refractivity contribution in [1.29, 1.82) is 0 Å². The van der Waals surface area contributed by atoms with Gasteiger partial charge in [0.2, 0.25) is 0 Å². The smallest absolute Gasteiger partial charge is 0.338 e. The third kappa shape index (κ3) is 30.2. The molecule has 0 aromatic carbocycles. The van der Waals surface area contributed by atoms with Crippen molar-refractivity contribution in [3.05, 3.63) is 0 Å². The number of rotatable bonds is 37. The van der Waals surface area contributed by atoms with E-state index in [9.17, 15) is 0 Å². The van der Waals surface area contributed by atoms with Crippen LogP contribution in [0.2, 0.25) is 12.1 Å². The van der Waals surface area contributed by atoms with Crippen LogP contribution in [0.3, 0.4) is 0 Å². The van der Waals surface area contributed by atoms with E-state index < -0.39 is 8.56 Å². The van der Waals surface area contributed by atoms with Crippen molar-refractivity contribution < 1.29 is 8.85 Å². The van der Waals surface area contributed by atoms with Gasteiger partial charge in [-0.3, -0.25) is 0 Å². The predicted octanol–water partition coefficient (Wildman–Crippen LogP) is 14.6. The van der Waals surface area contributed by atoms with Gasteiger partial charge in [0.25, 0.3) is 0 Å². The van der Waals surface area contributed by atoms with Crippen molar-refractivity contribution in [2.75, 3.05) is 13.2 Å². The molecule has 2 nitrogen and oxygen atoms in total. The lowest BCUT2D eigenvalue weighted by atomic mass is 10.0. The molecule has 0 aromatic heterocycles. The molecule has 0 fully saturated rings. The molecule has 0 bridgehead atoms.